The number of nitrogens with one attached hydrogen (secondary N) is 1. The van der Waals surface area contributed by atoms with Crippen LogP contribution in [0.25, 0.3) is 0 Å². The minimum absolute atomic E-state index is 0.108. The predicted octanol–water partition coefficient (Wildman–Crippen LogP) is 1.35. The number of piperidine rings is 1. The van der Waals surface area contributed by atoms with Crippen LogP contribution in [0.15, 0.2) is 24.3 Å². The van der Waals surface area contributed by atoms with Crippen molar-refractivity contribution in [1.29, 1.82) is 0 Å². The van der Waals surface area contributed by atoms with Crippen LogP contribution in [0, 0.1) is 0 Å². The van der Waals surface area contributed by atoms with Crippen LogP contribution in [0.4, 0.5) is 10.5 Å². The zero-order valence-electron chi connectivity index (χ0n) is 12.2. The van der Waals surface area contributed by atoms with Crippen molar-refractivity contribution >= 4 is 11.7 Å². The lowest BCUT2D eigenvalue weighted by Gasteiger charge is -2.37. The van der Waals surface area contributed by atoms with E-state index in [2.05, 4.69) is 41.8 Å². The molecule has 0 aromatic heterocycles. The second kappa shape index (κ2) is 5.44. The molecule has 20 heavy (non-hydrogen) atoms. The molecule has 0 atom stereocenters. The van der Waals surface area contributed by atoms with Crippen molar-refractivity contribution in [3.8, 4) is 0 Å². The van der Waals surface area contributed by atoms with E-state index in [1.807, 2.05) is 4.90 Å². The van der Waals surface area contributed by atoms with Crippen LogP contribution >= 0.6 is 0 Å². The number of carbonyl (C=O) groups is 1. The largest absolute Gasteiger partial charge is 0.338 e. The van der Waals surface area contributed by atoms with E-state index in [9.17, 15) is 4.79 Å². The van der Waals surface area contributed by atoms with E-state index in [4.69, 9.17) is 0 Å². The first kappa shape index (κ1) is 13.4. The zero-order valence-corrected chi connectivity index (χ0v) is 12.2. The van der Waals surface area contributed by atoms with Gasteiger partial charge in [-0.05, 0) is 25.3 Å². The Morgan fingerprint density at radius 3 is 2.85 bits per heavy atom. The molecule has 2 aliphatic rings. The number of benzene rings is 1. The molecule has 4 nitrogen and oxygen atoms in total. The lowest BCUT2D eigenvalue weighted by atomic mass is 9.74. The smallest absolute Gasteiger partial charge is 0.317 e. The number of para-hydroxylation sites is 1. The molecule has 1 saturated heterocycles. The normalized spacial score (nSPS) is 19.9. The minimum atomic E-state index is 0.108. The van der Waals surface area contributed by atoms with Gasteiger partial charge in [-0.25, -0.2) is 4.79 Å². The highest BCUT2D eigenvalue weighted by atomic mass is 16.2. The molecule has 1 aromatic carbocycles. The summed E-state index contributed by atoms with van der Waals surface area (Å²) in [4.78, 5) is 14.0. The summed E-state index contributed by atoms with van der Waals surface area (Å²) in [6, 6.07) is 8.84. The Bertz CT molecular complexity index is 492. The highest BCUT2D eigenvalue weighted by Gasteiger charge is 2.44. The number of fused-ring (bicyclic) bond motifs is 2. The molecule has 1 spiro atoms. The van der Waals surface area contributed by atoms with Crippen LogP contribution in [0.5, 0.6) is 0 Å². The second-order valence-corrected chi connectivity index (χ2v) is 5.99. The van der Waals surface area contributed by atoms with Gasteiger partial charge in [0.05, 0.1) is 12.0 Å². The molecule has 0 bridgehead atoms. The van der Waals surface area contributed by atoms with E-state index < -0.39 is 0 Å². The van der Waals surface area contributed by atoms with Crippen molar-refractivity contribution < 1.29 is 10.1 Å². The van der Waals surface area contributed by atoms with Crippen molar-refractivity contribution in [3.05, 3.63) is 29.8 Å². The number of urea groups is 1. The summed E-state index contributed by atoms with van der Waals surface area (Å²) in [6.07, 6.45) is 3.16. The van der Waals surface area contributed by atoms with Gasteiger partial charge >= 0.3 is 6.03 Å². The highest BCUT2D eigenvalue weighted by Crippen LogP contribution is 2.39. The Balaban J connectivity index is 1.66. The Morgan fingerprint density at radius 1 is 1.35 bits per heavy atom. The Kier molecular flexibility index (Phi) is 3.66. The van der Waals surface area contributed by atoms with E-state index in [-0.39, 0.29) is 11.4 Å². The third kappa shape index (κ3) is 2.29. The fourth-order valence-corrected chi connectivity index (χ4v) is 3.53. The van der Waals surface area contributed by atoms with Gasteiger partial charge in [0, 0.05) is 25.2 Å². The number of quaternary nitrogens is 1. The fraction of sp³-hybridized carbons (Fsp3) is 0.562. The van der Waals surface area contributed by atoms with Crippen molar-refractivity contribution in [2.24, 2.45) is 0 Å². The van der Waals surface area contributed by atoms with Gasteiger partial charge in [-0.2, -0.15) is 0 Å². The SMILES string of the molecule is CCCNC(=O)N1CCC2(CC1)C[NH2+]c1ccccc12. The number of hydrogen-bond donors (Lipinski definition) is 2. The van der Waals surface area contributed by atoms with Gasteiger partial charge in [0.25, 0.3) is 0 Å². The third-order valence-corrected chi connectivity index (χ3v) is 4.78. The Morgan fingerprint density at radius 2 is 2.10 bits per heavy atom. The van der Waals surface area contributed by atoms with E-state index in [0.717, 1.165) is 45.4 Å². The number of likely N-dealkylation sites (tertiary alicyclic amines) is 1. The van der Waals surface area contributed by atoms with Crippen molar-refractivity contribution in [1.82, 2.24) is 10.2 Å². The standard InChI is InChI=1S/C16H23N3O/c1-2-9-17-15(20)19-10-7-16(8-11-19)12-18-14-6-4-3-5-13(14)16/h3-6,18H,2,7-12H2,1H3,(H,17,20)/p+1. The molecular formula is C16H24N3O+. The number of hydrogen-bond acceptors (Lipinski definition) is 1. The predicted molar refractivity (Wildman–Crippen MR) is 79.1 cm³/mol. The first-order valence-electron chi connectivity index (χ1n) is 7.71. The van der Waals surface area contributed by atoms with Crippen LogP contribution in [-0.2, 0) is 5.41 Å². The van der Waals surface area contributed by atoms with E-state index in [1.54, 1.807) is 0 Å². The molecule has 3 rings (SSSR count). The Labute approximate surface area is 120 Å². The highest BCUT2D eigenvalue weighted by molar-refractivity contribution is 5.74. The summed E-state index contributed by atoms with van der Waals surface area (Å²) >= 11 is 0. The number of rotatable bonds is 2. The second-order valence-electron chi connectivity index (χ2n) is 5.99. The first-order chi connectivity index (χ1) is 9.75. The molecule has 1 aromatic rings. The lowest BCUT2D eigenvalue weighted by molar-refractivity contribution is -0.569. The van der Waals surface area contributed by atoms with E-state index in [0.29, 0.717) is 0 Å². The molecule has 108 valence electrons. The van der Waals surface area contributed by atoms with E-state index in [1.165, 1.54) is 11.3 Å². The summed E-state index contributed by atoms with van der Waals surface area (Å²) < 4.78 is 0. The van der Waals surface area contributed by atoms with Crippen LogP contribution in [-0.4, -0.2) is 37.1 Å². The van der Waals surface area contributed by atoms with Crippen molar-refractivity contribution in [2.75, 3.05) is 26.2 Å². The Hall–Kier alpha value is -1.55. The molecule has 0 aliphatic carbocycles. The summed E-state index contributed by atoms with van der Waals surface area (Å²) in [5, 5.41) is 5.34. The number of nitrogens with zero attached hydrogens (tertiary/aromatic N) is 1. The average Bonchev–Trinajstić information content (AvgIpc) is 2.85. The van der Waals surface area contributed by atoms with Crippen LogP contribution in [0.3, 0.4) is 0 Å². The molecule has 3 N–H and O–H groups in total. The summed E-state index contributed by atoms with van der Waals surface area (Å²) in [5.41, 5.74) is 3.18. The number of amides is 2. The lowest BCUT2D eigenvalue weighted by Crippen LogP contribution is -2.78. The van der Waals surface area contributed by atoms with Gasteiger partial charge in [0.1, 0.15) is 5.69 Å². The molecule has 0 radical (unpaired) electrons. The fourth-order valence-electron chi connectivity index (χ4n) is 3.53. The maximum atomic E-state index is 12.0. The van der Waals surface area contributed by atoms with Gasteiger partial charge < -0.3 is 15.5 Å². The maximum absolute atomic E-state index is 12.0. The molecule has 0 unspecified atom stereocenters. The molecular weight excluding hydrogens is 250 g/mol. The van der Waals surface area contributed by atoms with Gasteiger partial charge in [-0.1, -0.05) is 25.1 Å². The average molecular weight is 274 g/mol. The first-order valence-corrected chi connectivity index (χ1v) is 7.71. The number of nitrogens with two attached hydrogens (primary N) is 1. The van der Waals surface area contributed by atoms with Crippen molar-refractivity contribution in [2.45, 2.75) is 31.6 Å². The maximum Gasteiger partial charge on any atom is 0.317 e. The van der Waals surface area contributed by atoms with Gasteiger partial charge in [-0.3, -0.25) is 0 Å². The summed E-state index contributed by atoms with van der Waals surface area (Å²) in [6.45, 7) is 5.74. The van der Waals surface area contributed by atoms with Crippen LogP contribution < -0.4 is 10.6 Å². The topological polar surface area (TPSA) is 49.0 Å². The van der Waals surface area contributed by atoms with Crippen LogP contribution in [0.2, 0.25) is 0 Å². The minimum Gasteiger partial charge on any atom is -0.338 e. The van der Waals surface area contributed by atoms with Crippen molar-refractivity contribution in [3.63, 3.8) is 0 Å². The molecule has 4 heteroatoms. The quantitative estimate of drug-likeness (QED) is 0.786. The van der Waals surface area contributed by atoms with Gasteiger partial charge in [0.2, 0.25) is 0 Å². The van der Waals surface area contributed by atoms with Gasteiger partial charge in [0.15, 0.2) is 0 Å². The molecule has 2 amide bonds. The molecule has 1 fully saturated rings. The summed E-state index contributed by atoms with van der Waals surface area (Å²) in [5.74, 6) is 0. The van der Waals surface area contributed by atoms with E-state index >= 15 is 0 Å². The monoisotopic (exact) mass is 274 g/mol. The van der Waals surface area contributed by atoms with Crippen LogP contribution in [0.1, 0.15) is 31.7 Å². The third-order valence-electron chi connectivity index (χ3n) is 4.78. The molecule has 2 heterocycles. The molecule has 0 saturated carbocycles. The number of carbonyl (C=O) groups excluding carboxylic acids is 1. The zero-order chi connectivity index (χ0) is 14.0. The summed E-state index contributed by atoms with van der Waals surface area (Å²) in [7, 11) is 0. The van der Waals surface area contributed by atoms with Gasteiger partial charge in [-0.15, -0.1) is 0 Å². The molecule has 2 aliphatic heterocycles.